The van der Waals surface area contributed by atoms with E-state index in [2.05, 4.69) is 4.98 Å². The van der Waals surface area contributed by atoms with Gasteiger partial charge in [-0.25, -0.2) is 4.57 Å². The lowest BCUT2D eigenvalue weighted by atomic mass is 9.97. The Balaban J connectivity index is 2.81. The Morgan fingerprint density at radius 2 is 1.66 bits per heavy atom. The number of esters is 2. The van der Waals surface area contributed by atoms with Gasteiger partial charge in [-0.15, -0.1) is 0 Å². The summed E-state index contributed by atoms with van der Waals surface area (Å²) in [7, 11) is 0. The molecule has 11 nitrogen and oxygen atoms in total. The SMILES string of the molecule is CC(C)(C)C(=O)OC[C@H](O)[C@@H](COC(=O)C(C)(C)C)OCn1ccnc1[N+](=O)[O-]. The summed E-state index contributed by atoms with van der Waals surface area (Å²) in [6.07, 6.45) is 0.160. The summed E-state index contributed by atoms with van der Waals surface area (Å²) in [5, 5.41) is 21.3. The van der Waals surface area contributed by atoms with Gasteiger partial charge in [0.2, 0.25) is 0 Å². The van der Waals surface area contributed by atoms with E-state index in [-0.39, 0.29) is 19.9 Å². The molecule has 0 aromatic carbocycles. The van der Waals surface area contributed by atoms with Crippen LogP contribution in [0.4, 0.5) is 5.95 Å². The summed E-state index contributed by atoms with van der Waals surface area (Å²) >= 11 is 0. The average molecular weight is 415 g/mol. The highest BCUT2D eigenvalue weighted by Gasteiger charge is 2.30. The van der Waals surface area contributed by atoms with Gasteiger partial charge in [0.15, 0.2) is 6.73 Å². The van der Waals surface area contributed by atoms with E-state index in [1.165, 1.54) is 12.4 Å². The first-order valence-electron chi connectivity index (χ1n) is 9.03. The normalized spacial score (nSPS) is 14.2. The number of nitrogens with zero attached hydrogens (tertiary/aromatic N) is 3. The Labute approximate surface area is 169 Å². The lowest BCUT2D eigenvalue weighted by Gasteiger charge is -2.25. The molecule has 0 aliphatic carbocycles. The third kappa shape index (κ3) is 7.78. The van der Waals surface area contributed by atoms with E-state index in [1.807, 2.05) is 0 Å². The molecule has 29 heavy (non-hydrogen) atoms. The summed E-state index contributed by atoms with van der Waals surface area (Å²) in [4.78, 5) is 37.8. The van der Waals surface area contributed by atoms with E-state index in [0.29, 0.717) is 0 Å². The number of carbonyl (C=O) groups is 2. The van der Waals surface area contributed by atoms with Crippen molar-refractivity contribution in [2.24, 2.45) is 10.8 Å². The number of imidazole rings is 1. The van der Waals surface area contributed by atoms with Gasteiger partial charge in [-0.1, -0.05) is 4.98 Å². The molecule has 0 fully saturated rings. The van der Waals surface area contributed by atoms with Gasteiger partial charge in [0.1, 0.15) is 37.8 Å². The summed E-state index contributed by atoms with van der Waals surface area (Å²) in [5.74, 6) is -1.48. The van der Waals surface area contributed by atoms with Crippen molar-refractivity contribution in [2.75, 3.05) is 13.2 Å². The molecule has 0 spiro atoms. The van der Waals surface area contributed by atoms with Gasteiger partial charge in [0, 0.05) is 0 Å². The van der Waals surface area contributed by atoms with Crippen LogP contribution in [0.25, 0.3) is 0 Å². The van der Waals surface area contributed by atoms with Crippen molar-refractivity contribution in [2.45, 2.75) is 60.5 Å². The maximum atomic E-state index is 12.0. The van der Waals surface area contributed by atoms with Crippen molar-refractivity contribution in [3.8, 4) is 0 Å². The predicted octanol–water partition coefficient (Wildman–Crippen LogP) is 1.67. The Hall–Kier alpha value is -2.53. The molecule has 0 radical (unpaired) electrons. The molecule has 2 atom stereocenters. The third-order valence-electron chi connectivity index (χ3n) is 3.70. The van der Waals surface area contributed by atoms with Crippen LogP contribution >= 0.6 is 0 Å². The Morgan fingerprint density at radius 1 is 1.14 bits per heavy atom. The molecule has 1 aromatic rings. The first-order chi connectivity index (χ1) is 13.2. The monoisotopic (exact) mass is 415 g/mol. The molecule has 0 bridgehead atoms. The molecule has 1 heterocycles. The molecule has 1 rings (SSSR count). The van der Waals surface area contributed by atoms with Crippen LogP contribution in [0.2, 0.25) is 0 Å². The fraction of sp³-hybridized carbons (Fsp3) is 0.722. The van der Waals surface area contributed by atoms with Crippen molar-refractivity contribution >= 4 is 17.9 Å². The zero-order valence-electron chi connectivity index (χ0n) is 17.6. The van der Waals surface area contributed by atoms with E-state index < -0.39 is 45.8 Å². The van der Waals surface area contributed by atoms with E-state index in [0.717, 1.165) is 4.57 Å². The van der Waals surface area contributed by atoms with Crippen LogP contribution in [0.15, 0.2) is 12.4 Å². The Morgan fingerprint density at radius 3 is 2.14 bits per heavy atom. The van der Waals surface area contributed by atoms with Gasteiger partial charge >= 0.3 is 17.9 Å². The highest BCUT2D eigenvalue weighted by molar-refractivity contribution is 5.75. The number of rotatable bonds is 9. The fourth-order valence-corrected chi connectivity index (χ4v) is 1.88. The number of ether oxygens (including phenoxy) is 3. The third-order valence-corrected chi connectivity index (χ3v) is 3.70. The first-order valence-corrected chi connectivity index (χ1v) is 9.03. The van der Waals surface area contributed by atoms with Crippen LogP contribution in [-0.2, 0) is 30.5 Å². The number of aliphatic hydroxyl groups is 1. The van der Waals surface area contributed by atoms with Crippen LogP contribution in [0, 0.1) is 20.9 Å². The summed E-state index contributed by atoms with van der Waals surface area (Å²) < 4.78 is 16.9. The van der Waals surface area contributed by atoms with Crippen molar-refractivity contribution in [3.63, 3.8) is 0 Å². The number of nitro groups is 1. The zero-order chi connectivity index (χ0) is 22.4. The standard InChI is InChI=1S/C18H29N3O8/c1-17(2,3)14(23)27-9-12(22)13(10-28-15(24)18(4,5)6)29-11-20-8-7-19-16(20)21(25)26/h7-8,12-13,22H,9-11H2,1-6H3/t12-,13+/m0/s1. The molecule has 0 unspecified atom stereocenters. The van der Waals surface area contributed by atoms with Crippen molar-refractivity contribution in [3.05, 3.63) is 22.5 Å². The smallest absolute Gasteiger partial charge is 0.436 e. The molecule has 0 saturated heterocycles. The van der Waals surface area contributed by atoms with Gasteiger partial charge in [-0.05, 0) is 46.5 Å². The molecular formula is C18H29N3O8. The molecule has 164 valence electrons. The van der Waals surface area contributed by atoms with Crippen molar-refractivity contribution in [1.29, 1.82) is 0 Å². The first kappa shape index (κ1) is 24.5. The van der Waals surface area contributed by atoms with Crippen LogP contribution in [0.3, 0.4) is 0 Å². The lowest BCUT2D eigenvalue weighted by Crippen LogP contribution is -2.40. The Bertz CT molecular complexity index is 717. The maximum absolute atomic E-state index is 12.0. The molecule has 0 aliphatic heterocycles. The van der Waals surface area contributed by atoms with Crippen molar-refractivity contribution in [1.82, 2.24) is 9.55 Å². The number of carbonyl (C=O) groups excluding carboxylic acids is 2. The van der Waals surface area contributed by atoms with Crippen LogP contribution in [-0.4, -0.2) is 56.9 Å². The van der Waals surface area contributed by atoms with Crippen molar-refractivity contribution < 1.29 is 33.8 Å². The minimum Gasteiger partial charge on any atom is -0.462 e. The number of aliphatic hydroxyl groups excluding tert-OH is 1. The van der Waals surface area contributed by atoms with E-state index in [9.17, 15) is 24.8 Å². The fourth-order valence-electron chi connectivity index (χ4n) is 1.88. The van der Waals surface area contributed by atoms with Gasteiger partial charge in [-0.2, -0.15) is 0 Å². The quantitative estimate of drug-likeness (QED) is 0.362. The zero-order valence-corrected chi connectivity index (χ0v) is 17.6. The molecule has 0 saturated carbocycles. The van der Waals surface area contributed by atoms with Crippen LogP contribution in [0.1, 0.15) is 41.5 Å². The second kappa shape index (κ2) is 9.79. The predicted molar refractivity (Wildman–Crippen MR) is 101 cm³/mol. The van der Waals surface area contributed by atoms with Gasteiger partial charge in [0.25, 0.3) is 0 Å². The largest absolute Gasteiger partial charge is 0.462 e. The van der Waals surface area contributed by atoms with E-state index >= 15 is 0 Å². The number of aromatic nitrogens is 2. The summed E-state index contributed by atoms with van der Waals surface area (Å²) in [5.41, 5.74) is -1.52. The molecule has 0 amide bonds. The highest BCUT2D eigenvalue weighted by Crippen LogP contribution is 2.18. The topological polar surface area (TPSA) is 143 Å². The highest BCUT2D eigenvalue weighted by atomic mass is 16.6. The van der Waals surface area contributed by atoms with Crippen LogP contribution in [0.5, 0.6) is 0 Å². The molecule has 1 N–H and O–H groups in total. The Kier molecular flexibility index (Phi) is 8.27. The number of hydrogen-bond acceptors (Lipinski definition) is 9. The van der Waals surface area contributed by atoms with Gasteiger partial charge in [0.05, 0.1) is 10.8 Å². The second-order valence-electron chi connectivity index (χ2n) is 8.55. The minimum absolute atomic E-state index is 0.321. The van der Waals surface area contributed by atoms with Gasteiger partial charge < -0.3 is 29.4 Å². The lowest BCUT2D eigenvalue weighted by molar-refractivity contribution is -0.397. The molecule has 11 heteroatoms. The second-order valence-corrected chi connectivity index (χ2v) is 8.55. The number of hydrogen-bond donors (Lipinski definition) is 1. The molecule has 0 aliphatic rings. The van der Waals surface area contributed by atoms with Crippen LogP contribution < -0.4 is 0 Å². The molecular weight excluding hydrogens is 386 g/mol. The van der Waals surface area contributed by atoms with E-state index in [1.54, 1.807) is 41.5 Å². The average Bonchev–Trinajstić information content (AvgIpc) is 3.06. The summed E-state index contributed by atoms with van der Waals surface area (Å²) in [6.45, 7) is 8.96. The van der Waals surface area contributed by atoms with E-state index in [4.69, 9.17) is 14.2 Å². The maximum Gasteiger partial charge on any atom is 0.436 e. The van der Waals surface area contributed by atoms with Gasteiger partial charge in [-0.3, -0.25) is 9.59 Å². The molecule has 1 aromatic heterocycles. The minimum atomic E-state index is -1.32. The summed E-state index contributed by atoms with van der Waals surface area (Å²) in [6, 6.07) is 0.